The predicted octanol–water partition coefficient (Wildman–Crippen LogP) is 5.36. The van der Waals surface area contributed by atoms with E-state index in [0.717, 1.165) is 23.4 Å². The summed E-state index contributed by atoms with van der Waals surface area (Å²) in [5, 5.41) is 4.49. The summed E-state index contributed by atoms with van der Waals surface area (Å²) in [6.45, 7) is 0.559. The number of aromatic nitrogens is 2. The standard InChI is InChI=1S/C18H14ClF3N2/c19-11-16-10-17(14-6-8-15(9-7-14)18(20,21)22)23-24(16)12-13-4-2-1-3-5-13/h1-10H,11-12H2. The molecule has 1 heterocycles. The molecule has 0 fully saturated rings. The van der Waals surface area contributed by atoms with Crippen molar-refractivity contribution in [3.63, 3.8) is 0 Å². The summed E-state index contributed by atoms with van der Waals surface area (Å²) < 4.78 is 39.7. The summed E-state index contributed by atoms with van der Waals surface area (Å²) in [5.41, 5.74) is 2.45. The fraction of sp³-hybridized carbons (Fsp3) is 0.167. The molecule has 3 rings (SSSR count). The number of halogens is 4. The molecule has 0 saturated carbocycles. The van der Waals surface area contributed by atoms with Crippen LogP contribution in [0.2, 0.25) is 0 Å². The van der Waals surface area contributed by atoms with E-state index in [2.05, 4.69) is 5.10 Å². The molecular weight excluding hydrogens is 337 g/mol. The second kappa shape index (κ2) is 6.69. The van der Waals surface area contributed by atoms with E-state index in [1.807, 2.05) is 30.3 Å². The minimum Gasteiger partial charge on any atom is -0.263 e. The molecule has 0 aliphatic rings. The van der Waals surface area contributed by atoms with Gasteiger partial charge < -0.3 is 0 Å². The van der Waals surface area contributed by atoms with E-state index in [4.69, 9.17) is 11.6 Å². The smallest absolute Gasteiger partial charge is 0.263 e. The van der Waals surface area contributed by atoms with Crippen LogP contribution in [-0.4, -0.2) is 9.78 Å². The maximum absolute atomic E-state index is 12.6. The van der Waals surface area contributed by atoms with Crippen LogP contribution in [0.3, 0.4) is 0 Å². The van der Waals surface area contributed by atoms with Crippen LogP contribution in [-0.2, 0) is 18.6 Å². The quantitative estimate of drug-likeness (QED) is 0.579. The lowest BCUT2D eigenvalue weighted by Crippen LogP contribution is -2.05. The van der Waals surface area contributed by atoms with Crippen LogP contribution in [0.25, 0.3) is 11.3 Å². The van der Waals surface area contributed by atoms with Gasteiger partial charge in [0.2, 0.25) is 0 Å². The topological polar surface area (TPSA) is 17.8 Å². The van der Waals surface area contributed by atoms with E-state index < -0.39 is 11.7 Å². The minimum atomic E-state index is -4.34. The summed E-state index contributed by atoms with van der Waals surface area (Å²) in [4.78, 5) is 0. The number of nitrogens with zero attached hydrogens (tertiary/aromatic N) is 2. The van der Waals surface area contributed by atoms with Gasteiger partial charge in [0.25, 0.3) is 0 Å². The molecule has 0 saturated heterocycles. The maximum atomic E-state index is 12.6. The molecule has 0 bridgehead atoms. The summed E-state index contributed by atoms with van der Waals surface area (Å²) in [6.07, 6.45) is -4.34. The van der Waals surface area contributed by atoms with Crippen molar-refractivity contribution in [2.24, 2.45) is 0 Å². The van der Waals surface area contributed by atoms with Crippen LogP contribution in [0.4, 0.5) is 13.2 Å². The largest absolute Gasteiger partial charge is 0.416 e. The van der Waals surface area contributed by atoms with Crippen molar-refractivity contribution in [1.82, 2.24) is 9.78 Å². The summed E-state index contributed by atoms with van der Waals surface area (Å²) >= 11 is 5.97. The number of rotatable bonds is 4. The average molecular weight is 351 g/mol. The molecule has 0 radical (unpaired) electrons. The second-order valence-electron chi connectivity index (χ2n) is 5.37. The van der Waals surface area contributed by atoms with Crippen molar-refractivity contribution < 1.29 is 13.2 Å². The number of benzene rings is 2. The molecule has 124 valence electrons. The molecule has 0 spiro atoms. The second-order valence-corrected chi connectivity index (χ2v) is 5.64. The Labute approximate surface area is 142 Å². The predicted molar refractivity (Wildman–Crippen MR) is 87.8 cm³/mol. The highest BCUT2D eigenvalue weighted by molar-refractivity contribution is 6.16. The summed E-state index contributed by atoms with van der Waals surface area (Å²) in [6, 6.07) is 16.6. The Morgan fingerprint density at radius 1 is 0.958 bits per heavy atom. The molecule has 0 N–H and O–H groups in total. The molecule has 3 aromatic rings. The first-order chi connectivity index (χ1) is 11.5. The fourth-order valence-electron chi connectivity index (χ4n) is 2.43. The van der Waals surface area contributed by atoms with E-state index in [1.165, 1.54) is 12.1 Å². The number of hydrogen-bond donors (Lipinski definition) is 0. The highest BCUT2D eigenvalue weighted by atomic mass is 35.5. The van der Waals surface area contributed by atoms with E-state index >= 15 is 0 Å². The zero-order valence-electron chi connectivity index (χ0n) is 12.6. The van der Waals surface area contributed by atoms with Gasteiger partial charge in [-0.2, -0.15) is 18.3 Å². The SMILES string of the molecule is FC(F)(F)c1ccc(-c2cc(CCl)n(Cc3ccccc3)n2)cc1. The molecular formula is C18H14ClF3N2. The highest BCUT2D eigenvalue weighted by Gasteiger charge is 2.30. The molecule has 0 unspecified atom stereocenters. The van der Waals surface area contributed by atoms with E-state index in [0.29, 0.717) is 17.8 Å². The molecule has 0 aliphatic heterocycles. The van der Waals surface area contributed by atoms with Crippen molar-refractivity contribution in [2.75, 3.05) is 0 Å². The van der Waals surface area contributed by atoms with Gasteiger partial charge in [0.05, 0.1) is 29.4 Å². The molecule has 2 aromatic carbocycles. The molecule has 0 aliphatic carbocycles. The third-order valence-corrected chi connectivity index (χ3v) is 3.96. The van der Waals surface area contributed by atoms with Crippen LogP contribution in [0.15, 0.2) is 60.7 Å². The van der Waals surface area contributed by atoms with Gasteiger partial charge in [0.15, 0.2) is 0 Å². The van der Waals surface area contributed by atoms with Crippen LogP contribution in [0, 0.1) is 0 Å². The lowest BCUT2D eigenvalue weighted by Gasteiger charge is -2.06. The van der Waals surface area contributed by atoms with Crippen molar-refractivity contribution in [3.8, 4) is 11.3 Å². The zero-order valence-corrected chi connectivity index (χ0v) is 13.3. The number of alkyl halides is 4. The molecule has 0 atom stereocenters. The minimum absolute atomic E-state index is 0.278. The van der Waals surface area contributed by atoms with Gasteiger partial charge in [-0.3, -0.25) is 4.68 Å². The lowest BCUT2D eigenvalue weighted by molar-refractivity contribution is -0.137. The van der Waals surface area contributed by atoms with Crippen molar-refractivity contribution in [3.05, 3.63) is 77.5 Å². The van der Waals surface area contributed by atoms with Crippen LogP contribution in [0.1, 0.15) is 16.8 Å². The van der Waals surface area contributed by atoms with Crippen molar-refractivity contribution in [1.29, 1.82) is 0 Å². The molecule has 2 nitrogen and oxygen atoms in total. The zero-order chi connectivity index (χ0) is 17.2. The average Bonchev–Trinajstić information content (AvgIpc) is 2.98. The maximum Gasteiger partial charge on any atom is 0.416 e. The van der Waals surface area contributed by atoms with Gasteiger partial charge in [-0.15, -0.1) is 11.6 Å². The Morgan fingerprint density at radius 2 is 1.62 bits per heavy atom. The van der Waals surface area contributed by atoms with Gasteiger partial charge in [-0.25, -0.2) is 0 Å². The van der Waals surface area contributed by atoms with Crippen LogP contribution >= 0.6 is 11.6 Å². The number of hydrogen-bond acceptors (Lipinski definition) is 1. The first-order valence-electron chi connectivity index (χ1n) is 7.31. The lowest BCUT2D eigenvalue weighted by atomic mass is 10.1. The molecule has 24 heavy (non-hydrogen) atoms. The normalized spacial score (nSPS) is 11.7. The first-order valence-corrected chi connectivity index (χ1v) is 7.85. The Morgan fingerprint density at radius 3 is 2.21 bits per heavy atom. The van der Waals surface area contributed by atoms with Crippen molar-refractivity contribution in [2.45, 2.75) is 18.6 Å². The van der Waals surface area contributed by atoms with Gasteiger partial charge >= 0.3 is 6.18 Å². The monoisotopic (exact) mass is 350 g/mol. The molecule has 1 aromatic heterocycles. The summed E-state index contributed by atoms with van der Waals surface area (Å²) in [7, 11) is 0. The van der Waals surface area contributed by atoms with E-state index in [1.54, 1.807) is 10.7 Å². The third-order valence-electron chi connectivity index (χ3n) is 3.68. The van der Waals surface area contributed by atoms with Gasteiger partial charge in [-0.1, -0.05) is 42.5 Å². The third kappa shape index (κ3) is 3.62. The Hall–Kier alpha value is -2.27. The van der Waals surface area contributed by atoms with E-state index in [-0.39, 0.29) is 5.88 Å². The van der Waals surface area contributed by atoms with Gasteiger partial charge in [-0.05, 0) is 23.8 Å². The highest BCUT2D eigenvalue weighted by Crippen LogP contribution is 2.31. The molecule has 6 heteroatoms. The fourth-order valence-corrected chi connectivity index (χ4v) is 2.64. The Kier molecular flexibility index (Phi) is 4.62. The summed E-state index contributed by atoms with van der Waals surface area (Å²) in [5.74, 6) is 0.278. The van der Waals surface area contributed by atoms with E-state index in [9.17, 15) is 13.2 Å². The van der Waals surface area contributed by atoms with Gasteiger partial charge in [0, 0.05) is 5.56 Å². The molecule has 0 amide bonds. The Balaban J connectivity index is 1.89. The van der Waals surface area contributed by atoms with Gasteiger partial charge in [0.1, 0.15) is 0 Å². The van der Waals surface area contributed by atoms with Crippen LogP contribution < -0.4 is 0 Å². The van der Waals surface area contributed by atoms with Crippen molar-refractivity contribution >= 4 is 11.6 Å². The Bertz CT molecular complexity index is 809. The van der Waals surface area contributed by atoms with Crippen LogP contribution in [0.5, 0.6) is 0 Å². The first kappa shape index (κ1) is 16.6.